The summed E-state index contributed by atoms with van der Waals surface area (Å²) in [6, 6.07) is 6.25. The van der Waals surface area contributed by atoms with Crippen LogP contribution in [0.3, 0.4) is 0 Å². The minimum absolute atomic E-state index is 0.207. The van der Waals surface area contributed by atoms with Gasteiger partial charge in [0, 0.05) is 11.0 Å². The van der Waals surface area contributed by atoms with Crippen molar-refractivity contribution in [1.82, 2.24) is 5.32 Å². The summed E-state index contributed by atoms with van der Waals surface area (Å²) in [5.41, 5.74) is 1.90. The van der Waals surface area contributed by atoms with E-state index < -0.39 is 5.54 Å². The van der Waals surface area contributed by atoms with Crippen molar-refractivity contribution in [2.45, 2.75) is 39.7 Å². The van der Waals surface area contributed by atoms with E-state index in [0.29, 0.717) is 6.61 Å². The number of hydrogen-bond donors (Lipinski definition) is 1. The van der Waals surface area contributed by atoms with Crippen molar-refractivity contribution in [3.8, 4) is 0 Å². The second-order valence-electron chi connectivity index (χ2n) is 5.09. The Hall–Kier alpha value is -0.870. The summed E-state index contributed by atoms with van der Waals surface area (Å²) < 4.78 is 6.12. The van der Waals surface area contributed by atoms with Crippen LogP contribution in [0, 0.1) is 6.92 Å². The highest BCUT2D eigenvalue weighted by Gasteiger charge is 2.27. The Morgan fingerprint density at radius 2 is 2.11 bits per heavy atom. The Morgan fingerprint density at radius 3 is 2.74 bits per heavy atom. The molecule has 0 unspecified atom stereocenters. The smallest absolute Gasteiger partial charge is 0.325 e. The number of esters is 1. The number of benzene rings is 1. The van der Waals surface area contributed by atoms with Crippen LogP contribution >= 0.6 is 15.9 Å². The SMILES string of the molecule is CCOC(=O)C(C)(C)NCCc1cc(Br)ccc1C. The van der Waals surface area contributed by atoms with Crippen LogP contribution in [0.4, 0.5) is 0 Å². The van der Waals surface area contributed by atoms with Gasteiger partial charge < -0.3 is 10.1 Å². The summed E-state index contributed by atoms with van der Waals surface area (Å²) in [5, 5.41) is 3.25. The molecule has 0 atom stereocenters. The molecule has 0 radical (unpaired) electrons. The first-order valence-corrected chi connectivity index (χ1v) is 7.33. The van der Waals surface area contributed by atoms with Crippen LogP contribution in [0.2, 0.25) is 0 Å². The molecular weight excluding hydrogens is 306 g/mol. The van der Waals surface area contributed by atoms with Crippen molar-refractivity contribution in [3.63, 3.8) is 0 Å². The first-order valence-electron chi connectivity index (χ1n) is 6.54. The largest absolute Gasteiger partial charge is 0.465 e. The Bertz CT molecular complexity index is 444. The highest BCUT2D eigenvalue weighted by Crippen LogP contribution is 2.16. The van der Waals surface area contributed by atoms with Crippen LogP contribution in [0.15, 0.2) is 22.7 Å². The second-order valence-corrected chi connectivity index (χ2v) is 6.01. The van der Waals surface area contributed by atoms with Gasteiger partial charge in [0.25, 0.3) is 0 Å². The summed E-state index contributed by atoms with van der Waals surface area (Å²) >= 11 is 3.48. The maximum Gasteiger partial charge on any atom is 0.325 e. The lowest BCUT2D eigenvalue weighted by atomic mass is 10.0. The summed E-state index contributed by atoms with van der Waals surface area (Å²) in [6.07, 6.45) is 0.883. The summed E-state index contributed by atoms with van der Waals surface area (Å²) in [4.78, 5) is 11.7. The molecular formula is C15H22BrNO2. The normalized spacial score (nSPS) is 11.4. The van der Waals surface area contributed by atoms with Gasteiger partial charge >= 0.3 is 5.97 Å². The van der Waals surface area contributed by atoms with Crippen LogP contribution < -0.4 is 5.32 Å². The zero-order chi connectivity index (χ0) is 14.5. The standard InChI is InChI=1S/C15H22BrNO2/c1-5-19-14(18)15(3,4)17-9-8-12-10-13(16)7-6-11(12)2/h6-7,10,17H,5,8-9H2,1-4H3. The first kappa shape index (κ1) is 16.2. The van der Waals surface area contributed by atoms with Crippen LogP contribution in [-0.2, 0) is 16.0 Å². The van der Waals surface area contributed by atoms with Gasteiger partial charge in [-0.1, -0.05) is 22.0 Å². The highest BCUT2D eigenvalue weighted by atomic mass is 79.9. The molecule has 19 heavy (non-hydrogen) atoms. The molecule has 4 heteroatoms. The zero-order valence-electron chi connectivity index (χ0n) is 12.0. The lowest BCUT2D eigenvalue weighted by molar-refractivity contribution is -0.149. The fraction of sp³-hybridized carbons (Fsp3) is 0.533. The zero-order valence-corrected chi connectivity index (χ0v) is 13.6. The van der Waals surface area contributed by atoms with Gasteiger partial charge in [-0.2, -0.15) is 0 Å². The van der Waals surface area contributed by atoms with E-state index in [1.807, 2.05) is 26.8 Å². The minimum atomic E-state index is -0.643. The molecule has 1 aromatic rings. The van der Waals surface area contributed by atoms with Gasteiger partial charge in [0.05, 0.1) is 6.61 Å². The van der Waals surface area contributed by atoms with Crippen molar-refractivity contribution in [1.29, 1.82) is 0 Å². The van der Waals surface area contributed by atoms with Gasteiger partial charge in [-0.15, -0.1) is 0 Å². The molecule has 0 fully saturated rings. The lowest BCUT2D eigenvalue weighted by Gasteiger charge is -2.24. The van der Waals surface area contributed by atoms with Gasteiger partial charge in [-0.25, -0.2) is 0 Å². The lowest BCUT2D eigenvalue weighted by Crippen LogP contribution is -2.48. The van der Waals surface area contributed by atoms with E-state index in [-0.39, 0.29) is 5.97 Å². The highest BCUT2D eigenvalue weighted by molar-refractivity contribution is 9.10. The molecule has 1 N–H and O–H groups in total. The van der Waals surface area contributed by atoms with Crippen molar-refractivity contribution in [3.05, 3.63) is 33.8 Å². The average molecular weight is 328 g/mol. The predicted molar refractivity (Wildman–Crippen MR) is 81.3 cm³/mol. The number of rotatable bonds is 6. The molecule has 1 aromatic carbocycles. The second kappa shape index (κ2) is 7.06. The summed E-state index contributed by atoms with van der Waals surface area (Å²) in [7, 11) is 0. The molecule has 1 rings (SSSR count). The van der Waals surface area contributed by atoms with Crippen LogP contribution in [0.1, 0.15) is 31.9 Å². The average Bonchev–Trinajstić information content (AvgIpc) is 2.33. The van der Waals surface area contributed by atoms with Gasteiger partial charge in [0.1, 0.15) is 5.54 Å². The van der Waals surface area contributed by atoms with Gasteiger partial charge in [0.2, 0.25) is 0 Å². The number of carbonyl (C=O) groups is 1. The van der Waals surface area contributed by atoms with Crippen LogP contribution in [-0.4, -0.2) is 24.7 Å². The quantitative estimate of drug-likeness (QED) is 0.815. The summed E-state index contributed by atoms with van der Waals surface area (Å²) in [5.74, 6) is -0.207. The number of halogens is 1. The van der Waals surface area contributed by atoms with E-state index in [9.17, 15) is 4.79 Å². The van der Waals surface area contributed by atoms with E-state index in [0.717, 1.165) is 17.4 Å². The van der Waals surface area contributed by atoms with Crippen LogP contribution in [0.5, 0.6) is 0 Å². The van der Waals surface area contributed by atoms with E-state index >= 15 is 0 Å². The number of carbonyl (C=O) groups excluding carboxylic acids is 1. The molecule has 0 bridgehead atoms. The molecule has 0 aliphatic heterocycles. The molecule has 0 saturated carbocycles. The fourth-order valence-corrected chi connectivity index (χ4v) is 2.21. The van der Waals surface area contributed by atoms with Crippen molar-refractivity contribution in [2.24, 2.45) is 0 Å². The van der Waals surface area contributed by atoms with Crippen LogP contribution in [0.25, 0.3) is 0 Å². The number of ether oxygens (including phenoxy) is 1. The maximum absolute atomic E-state index is 11.7. The number of hydrogen-bond acceptors (Lipinski definition) is 3. The van der Waals surface area contributed by atoms with Crippen molar-refractivity contribution in [2.75, 3.05) is 13.2 Å². The molecule has 0 amide bonds. The topological polar surface area (TPSA) is 38.3 Å². The van der Waals surface area contributed by atoms with Gasteiger partial charge in [-0.05, 0) is 57.4 Å². The maximum atomic E-state index is 11.7. The molecule has 0 aliphatic rings. The Balaban J connectivity index is 2.54. The van der Waals surface area contributed by atoms with Crippen molar-refractivity contribution >= 4 is 21.9 Å². The van der Waals surface area contributed by atoms with E-state index in [2.05, 4.69) is 40.3 Å². The van der Waals surface area contributed by atoms with E-state index in [1.54, 1.807) is 0 Å². The van der Waals surface area contributed by atoms with Gasteiger partial charge in [-0.3, -0.25) is 4.79 Å². The molecule has 0 saturated heterocycles. The van der Waals surface area contributed by atoms with Gasteiger partial charge in [0.15, 0.2) is 0 Å². The molecule has 0 aliphatic carbocycles. The molecule has 106 valence electrons. The third kappa shape index (κ3) is 4.96. The third-order valence-corrected chi connectivity index (χ3v) is 3.55. The predicted octanol–water partition coefficient (Wildman–Crippen LogP) is 3.23. The van der Waals surface area contributed by atoms with Crippen molar-refractivity contribution < 1.29 is 9.53 Å². The molecule has 3 nitrogen and oxygen atoms in total. The first-order chi connectivity index (χ1) is 8.86. The molecule has 0 aromatic heterocycles. The number of aryl methyl sites for hydroxylation is 1. The number of nitrogens with one attached hydrogen (secondary N) is 1. The fourth-order valence-electron chi connectivity index (χ4n) is 1.80. The molecule has 0 heterocycles. The monoisotopic (exact) mass is 327 g/mol. The Labute approximate surface area is 123 Å². The van der Waals surface area contributed by atoms with E-state index in [4.69, 9.17) is 4.74 Å². The Kier molecular flexibility index (Phi) is 6.01. The third-order valence-electron chi connectivity index (χ3n) is 3.06. The minimum Gasteiger partial charge on any atom is -0.465 e. The van der Waals surface area contributed by atoms with E-state index in [1.165, 1.54) is 11.1 Å². The Morgan fingerprint density at radius 1 is 1.42 bits per heavy atom. The molecule has 0 spiro atoms. The summed E-state index contributed by atoms with van der Waals surface area (Å²) in [6.45, 7) is 8.76.